The van der Waals surface area contributed by atoms with Gasteiger partial charge in [0.25, 0.3) is 0 Å². The number of hydrogen-bond acceptors (Lipinski definition) is 2. The van der Waals surface area contributed by atoms with Crippen LogP contribution in [0.1, 0.15) is 20.8 Å². The normalized spacial score (nSPS) is 16.0. The van der Waals surface area contributed by atoms with Gasteiger partial charge in [0, 0.05) is 4.47 Å². The van der Waals surface area contributed by atoms with Crippen molar-refractivity contribution in [3.63, 3.8) is 0 Å². The lowest BCUT2D eigenvalue weighted by atomic mass is 10.2. The minimum absolute atomic E-state index is 0.0273. The van der Waals surface area contributed by atoms with Gasteiger partial charge in [-0.1, -0.05) is 36.7 Å². The number of halogens is 2. The third-order valence-corrected chi connectivity index (χ3v) is 11.4. The Bertz CT molecular complexity index is 604. The van der Waals surface area contributed by atoms with Crippen LogP contribution in [0.25, 0.3) is 0 Å². The summed E-state index contributed by atoms with van der Waals surface area (Å²) >= 11 is 3.16. The first kappa shape index (κ1) is 16.8. The van der Waals surface area contributed by atoms with Gasteiger partial charge in [-0.3, -0.25) is 4.03 Å². The van der Waals surface area contributed by atoms with E-state index in [1.165, 1.54) is 12.1 Å². The van der Waals surface area contributed by atoms with Crippen LogP contribution in [0.4, 0.5) is 4.39 Å². The molecule has 1 aromatic rings. The maximum absolute atomic E-state index is 13.9. The summed E-state index contributed by atoms with van der Waals surface area (Å²) in [5.74, 6) is -0.593. The number of rotatable bonds is 2. The predicted octanol–water partition coefficient (Wildman–Crippen LogP) is 4.29. The topological polar surface area (TPSA) is 55.4 Å². The summed E-state index contributed by atoms with van der Waals surface area (Å²) in [6.07, 6.45) is 0. The van der Waals surface area contributed by atoms with Gasteiger partial charge in [-0.2, -0.15) is 0 Å². The second kappa shape index (κ2) is 5.27. The highest BCUT2D eigenvalue weighted by molar-refractivity contribution is 9.10. The Morgan fingerprint density at radius 1 is 1.37 bits per heavy atom. The van der Waals surface area contributed by atoms with E-state index in [-0.39, 0.29) is 9.93 Å². The van der Waals surface area contributed by atoms with Crippen LogP contribution in [0.5, 0.6) is 0 Å². The third-order valence-electron chi connectivity index (χ3n) is 3.41. The van der Waals surface area contributed by atoms with Gasteiger partial charge >= 0.3 is 0 Å². The number of benzene rings is 1. The van der Waals surface area contributed by atoms with Crippen molar-refractivity contribution in [3.8, 4) is 0 Å². The monoisotopic (exact) mass is 366 g/mol. The summed E-state index contributed by atoms with van der Waals surface area (Å²) in [5, 5.41) is 5.72. The van der Waals surface area contributed by atoms with Crippen LogP contribution < -0.4 is 5.14 Å². The van der Waals surface area contributed by atoms with Crippen LogP contribution in [0.2, 0.25) is 18.1 Å². The lowest BCUT2D eigenvalue weighted by Crippen LogP contribution is -2.37. The molecule has 3 nitrogen and oxygen atoms in total. The standard InChI is InChI=1S/C12H20BrFN2OSSi/c1-12(2,3)19(4,5)16-18(15,17)11-7-6-9(13)8-10(11)14/h6-8H,1-5H3,(H2,15,16,17). The van der Waals surface area contributed by atoms with Gasteiger partial charge in [0.05, 0.1) is 4.90 Å². The van der Waals surface area contributed by atoms with Gasteiger partial charge in [0.15, 0.2) is 8.24 Å². The van der Waals surface area contributed by atoms with E-state index in [1.807, 2.05) is 33.9 Å². The zero-order valence-electron chi connectivity index (χ0n) is 11.8. The molecular formula is C12H20BrFN2OSSi. The first-order valence-corrected chi connectivity index (χ1v) is 11.2. The van der Waals surface area contributed by atoms with E-state index in [2.05, 4.69) is 20.0 Å². The van der Waals surface area contributed by atoms with E-state index in [0.29, 0.717) is 4.47 Å². The van der Waals surface area contributed by atoms with E-state index in [4.69, 9.17) is 5.14 Å². The van der Waals surface area contributed by atoms with Crippen LogP contribution in [0.15, 0.2) is 31.6 Å². The summed E-state index contributed by atoms with van der Waals surface area (Å²) < 4.78 is 31.4. The highest BCUT2D eigenvalue weighted by Gasteiger charge is 2.37. The average molecular weight is 367 g/mol. The van der Waals surface area contributed by atoms with E-state index in [0.717, 1.165) is 0 Å². The molecule has 108 valence electrons. The SMILES string of the molecule is CC(C)(C)[Si](C)(C)N=S(N)(=O)c1ccc(Br)cc1F. The minimum atomic E-state index is -3.21. The fourth-order valence-electron chi connectivity index (χ4n) is 1.24. The molecule has 0 fully saturated rings. The van der Waals surface area contributed by atoms with Gasteiger partial charge in [-0.15, -0.1) is 0 Å². The number of hydrogen-bond donors (Lipinski definition) is 1. The van der Waals surface area contributed by atoms with Gasteiger partial charge in [-0.25, -0.2) is 13.7 Å². The van der Waals surface area contributed by atoms with Crippen molar-refractivity contribution in [1.82, 2.24) is 0 Å². The lowest BCUT2D eigenvalue weighted by molar-refractivity contribution is 0.593. The molecule has 0 aliphatic rings. The molecule has 1 atom stereocenters. The maximum atomic E-state index is 13.9. The summed E-state index contributed by atoms with van der Waals surface area (Å²) in [5.41, 5.74) is 0. The molecule has 0 aliphatic carbocycles. The second-order valence-corrected chi connectivity index (χ2v) is 13.9. The molecule has 0 aromatic heterocycles. The molecule has 0 amide bonds. The maximum Gasteiger partial charge on any atom is 0.195 e. The Balaban J connectivity index is 3.43. The van der Waals surface area contributed by atoms with E-state index >= 15 is 0 Å². The fraction of sp³-hybridized carbons (Fsp3) is 0.500. The predicted molar refractivity (Wildman–Crippen MR) is 84.3 cm³/mol. The van der Waals surface area contributed by atoms with Gasteiger partial charge in [-0.05, 0) is 36.3 Å². The van der Waals surface area contributed by atoms with Crippen LogP contribution in [0.3, 0.4) is 0 Å². The van der Waals surface area contributed by atoms with Crippen molar-refractivity contribution >= 4 is 34.1 Å². The Kier molecular flexibility index (Phi) is 4.66. The summed E-state index contributed by atoms with van der Waals surface area (Å²) in [4.78, 5) is -0.0273. The molecule has 2 N–H and O–H groups in total. The Labute approximate surface area is 124 Å². The second-order valence-electron chi connectivity index (χ2n) is 6.04. The molecule has 7 heteroatoms. The molecule has 0 aliphatic heterocycles. The Morgan fingerprint density at radius 2 is 1.89 bits per heavy atom. The largest absolute Gasteiger partial charge is 0.261 e. The van der Waals surface area contributed by atoms with E-state index < -0.39 is 24.0 Å². The lowest BCUT2D eigenvalue weighted by Gasteiger charge is -2.32. The Hall–Kier alpha value is -0.243. The molecule has 0 bridgehead atoms. The molecule has 0 saturated heterocycles. The number of nitrogens with two attached hydrogens (primary N) is 1. The molecule has 1 rings (SSSR count). The molecule has 0 saturated carbocycles. The van der Waals surface area contributed by atoms with Crippen LogP contribution >= 0.6 is 15.9 Å². The van der Waals surface area contributed by atoms with Crippen molar-refractivity contribution in [2.45, 2.75) is 43.8 Å². The molecule has 1 aromatic carbocycles. The van der Waals surface area contributed by atoms with Crippen molar-refractivity contribution in [2.75, 3.05) is 0 Å². The van der Waals surface area contributed by atoms with Gasteiger partial charge in [0.2, 0.25) is 0 Å². The molecule has 1 unspecified atom stereocenters. The van der Waals surface area contributed by atoms with Gasteiger partial charge in [0.1, 0.15) is 15.7 Å². The van der Waals surface area contributed by atoms with Crippen LogP contribution in [-0.2, 0) is 9.92 Å². The molecular weight excluding hydrogens is 347 g/mol. The zero-order chi connectivity index (χ0) is 15.1. The first-order chi connectivity index (χ1) is 8.37. The first-order valence-electron chi connectivity index (χ1n) is 5.88. The summed E-state index contributed by atoms with van der Waals surface area (Å²) in [6, 6.07) is 4.30. The smallest absolute Gasteiger partial charge is 0.195 e. The molecule has 0 spiro atoms. The molecule has 0 heterocycles. The van der Waals surface area contributed by atoms with Crippen molar-refractivity contribution in [1.29, 1.82) is 0 Å². The third kappa shape index (κ3) is 3.87. The van der Waals surface area contributed by atoms with E-state index in [1.54, 1.807) is 6.07 Å². The highest BCUT2D eigenvalue weighted by atomic mass is 79.9. The van der Waals surface area contributed by atoms with E-state index in [9.17, 15) is 8.60 Å². The highest BCUT2D eigenvalue weighted by Crippen LogP contribution is 2.38. The minimum Gasteiger partial charge on any atom is -0.261 e. The Morgan fingerprint density at radius 3 is 2.32 bits per heavy atom. The van der Waals surface area contributed by atoms with Crippen molar-refractivity contribution < 1.29 is 8.60 Å². The molecule has 0 radical (unpaired) electrons. The van der Waals surface area contributed by atoms with Crippen molar-refractivity contribution in [3.05, 3.63) is 28.5 Å². The molecule has 19 heavy (non-hydrogen) atoms. The number of nitrogens with zero attached hydrogens (tertiary/aromatic N) is 1. The quantitative estimate of drug-likeness (QED) is 0.779. The summed E-state index contributed by atoms with van der Waals surface area (Å²) in [7, 11) is -5.42. The van der Waals surface area contributed by atoms with Crippen LogP contribution in [-0.4, -0.2) is 12.4 Å². The van der Waals surface area contributed by atoms with Crippen LogP contribution in [0, 0.1) is 5.82 Å². The average Bonchev–Trinajstić information content (AvgIpc) is 2.12. The summed E-state index contributed by atoms with van der Waals surface area (Å²) in [6.45, 7) is 10.1. The fourth-order valence-corrected chi connectivity index (χ4v) is 6.37. The van der Waals surface area contributed by atoms with Gasteiger partial charge < -0.3 is 0 Å². The zero-order valence-corrected chi connectivity index (χ0v) is 15.2. The van der Waals surface area contributed by atoms with Crippen molar-refractivity contribution in [2.24, 2.45) is 9.17 Å².